The smallest absolute Gasteiger partial charge is 0.252 e. The topological polar surface area (TPSA) is 67.2 Å². The number of hydrogen-bond donors (Lipinski definition) is 1. The molecule has 2 amide bonds. The summed E-state index contributed by atoms with van der Waals surface area (Å²) in [6.45, 7) is 0. The monoisotopic (exact) mass is 234 g/mol. The maximum absolute atomic E-state index is 12.0. The van der Waals surface area contributed by atoms with Gasteiger partial charge in [0.25, 0.3) is 5.91 Å². The van der Waals surface area contributed by atoms with E-state index in [0.717, 1.165) is 18.5 Å². The number of aromatic nitrogens is 2. The van der Waals surface area contributed by atoms with E-state index in [1.165, 1.54) is 4.90 Å². The molecule has 6 heteroatoms. The Morgan fingerprint density at radius 3 is 2.76 bits per heavy atom. The molecule has 17 heavy (non-hydrogen) atoms. The third-order valence-corrected chi connectivity index (χ3v) is 3.14. The van der Waals surface area contributed by atoms with Gasteiger partial charge < -0.3 is 5.32 Å². The maximum atomic E-state index is 12.0. The number of aryl methyl sites for hydroxylation is 1. The van der Waals surface area contributed by atoms with Crippen LogP contribution in [0.15, 0.2) is 12.4 Å². The molecule has 1 N–H and O–H groups in total. The molecule has 2 aliphatic rings. The van der Waals surface area contributed by atoms with E-state index in [-0.39, 0.29) is 24.3 Å². The van der Waals surface area contributed by atoms with E-state index in [1.54, 1.807) is 17.1 Å². The van der Waals surface area contributed by atoms with Gasteiger partial charge in [0.2, 0.25) is 5.91 Å². The van der Waals surface area contributed by atoms with Crippen LogP contribution in [0, 0.1) is 0 Å². The van der Waals surface area contributed by atoms with Gasteiger partial charge in [0.1, 0.15) is 6.04 Å². The molecule has 2 heterocycles. The third kappa shape index (κ3) is 1.79. The highest BCUT2D eigenvalue weighted by atomic mass is 16.2. The number of likely N-dealkylation sites (tertiary alicyclic amines) is 1. The summed E-state index contributed by atoms with van der Waals surface area (Å²) in [4.78, 5) is 25.2. The Labute approximate surface area is 98.6 Å². The molecule has 1 unspecified atom stereocenters. The predicted octanol–water partition coefficient (Wildman–Crippen LogP) is 0.122. The molecule has 1 saturated heterocycles. The molecular weight excluding hydrogens is 220 g/mol. The molecule has 1 aromatic heterocycles. The first kappa shape index (κ1) is 10.3. The van der Waals surface area contributed by atoms with Gasteiger partial charge in [-0.15, -0.1) is 0 Å². The van der Waals surface area contributed by atoms with Crippen LogP contribution in [0.3, 0.4) is 0 Å². The van der Waals surface area contributed by atoms with E-state index in [0.29, 0.717) is 0 Å². The van der Waals surface area contributed by atoms with Crippen molar-refractivity contribution in [1.29, 1.82) is 0 Å². The summed E-state index contributed by atoms with van der Waals surface area (Å²) in [5.74, 6) is -0.153. The van der Waals surface area contributed by atoms with E-state index in [4.69, 9.17) is 0 Å². The highest BCUT2D eigenvalue weighted by Crippen LogP contribution is 2.32. The number of amides is 2. The largest absolute Gasteiger partial charge is 0.371 e. The van der Waals surface area contributed by atoms with Crippen molar-refractivity contribution >= 4 is 17.5 Å². The van der Waals surface area contributed by atoms with Gasteiger partial charge >= 0.3 is 0 Å². The minimum absolute atomic E-state index is 0.0566. The number of carbonyl (C=O) groups excluding carboxylic acids is 2. The van der Waals surface area contributed by atoms with Crippen LogP contribution in [0.1, 0.15) is 19.3 Å². The van der Waals surface area contributed by atoms with Crippen LogP contribution in [-0.2, 0) is 16.6 Å². The second-order valence-corrected chi connectivity index (χ2v) is 4.64. The van der Waals surface area contributed by atoms with Gasteiger partial charge in [-0.05, 0) is 12.8 Å². The zero-order chi connectivity index (χ0) is 12.0. The molecule has 0 aromatic carbocycles. The summed E-state index contributed by atoms with van der Waals surface area (Å²) < 4.78 is 1.66. The lowest BCUT2D eigenvalue weighted by Gasteiger charge is -2.14. The number of carbonyl (C=O) groups is 2. The number of nitrogens with one attached hydrogen (secondary N) is 1. The molecule has 1 aromatic rings. The van der Waals surface area contributed by atoms with Crippen LogP contribution in [0.4, 0.5) is 5.69 Å². The van der Waals surface area contributed by atoms with Gasteiger partial charge in [0, 0.05) is 19.3 Å². The highest BCUT2D eigenvalue weighted by molar-refractivity contribution is 6.07. The Balaban J connectivity index is 1.72. The summed E-state index contributed by atoms with van der Waals surface area (Å²) in [5.41, 5.74) is 0.774. The van der Waals surface area contributed by atoms with E-state index in [1.807, 2.05) is 7.05 Å². The van der Waals surface area contributed by atoms with Crippen molar-refractivity contribution in [3.05, 3.63) is 12.4 Å². The van der Waals surface area contributed by atoms with Crippen molar-refractivity contribution in [2.45, 2.75) is 31.3 Å². The van der Waals surface area contributed by atoms with Crippen LogP contribution in [0.2, 0.25) is 0 Å². The Bertz CT molecular complexity index is 478. The fourth-order valence-electron chi connectivity index (χ4n) is 2.18. The number of imide groups is 1. The average Bonchev–Trinajstić information content (AvgIpc) is 2.96. The molecule has 2 fully saturated rings. The lowest BCUT2D eigenvalue weighted by molar-refractivity contribution is -0.139. The van der Waals surface area contributed by atoms with Crippen molar-refractivity contribution in [2.75, 3.05) is 5.32 Å². The van der Waals surface area contributed by atoms with Crippen molar-refractivity contribution in [1.82, 2.24) is 14.7 Å². The van der Waals surface area contributed by atoms with Crippen LogP contribution < -0.4 is 5.32 Å². The Morgan fingerprint density at radius 1 is 1.41 bits per heavy atom. The van der Waals surface area contributed by atoms with Crippen molar-refractivity contribution < 1.29 is 9.59 Å². The third-order valence-electron chi connectivity index (χ3n) is 3.14. The number of rotatable bonds is 3. The van der Waals surface area contributed by atoms with Crippen molar-refractivity contribution in [3.63, 3.8) is 0 Å². The van der Waals surface area contributed by atoms with E-state index in [9.17, 15) is 9.59 Å². The zero-order valence-electron chi connectivity index (χ0n) is 9.59. The molecule has 0 spiro atoms. The summed E-state index contributed by atoms with van der Waals surface area (Å²) in [6.07, 6.45) is 5.60. The maximum Gasteiger partial charge on any atom is 0.252 e. The minimum Gasteiger partial charge on any atom is -0.371 e. The molecule has 1 atom stereocenters. The van der Waals surface area contributed by atoms with Crippen molar-refractivity contribution in [3.8, 4) is 0 Å². The molecule has 6 nitrogen and oxygen atoms in total. The van der Waals surface area contributed by atoms with Gasteiger partial charge in [-0.25, -0.2) is 0 Å². The molecule has 1 saturated carbocycles. The summed E-state index contributed by atoms with van der Waals surface area (Å²) in [5, 5.41) is 7.07. The molecule has 0 bridgehead atoms. The van der Waals surface area contributed by atoms with E-state index in [2.05, 4.69) is 10.4 Å². The van der Waals surface area contributed by atoms with Crippen LogP contribution in [0.25, 0.3) is 0 Å². The molecule has 1 aliphatic carbocycles. The Hall–Kier alpha value is -1.85. The molecule has 1 aliphatic heterocycles. The first-order chi connectivity index (χ1) is 8.15. The quantitative estimate of drug-likeness (QED) is 0.754. The molecule has 0 radical (unpaired) electrons. The zero-order valence-corrected chi connectivity index (χ0v) is 9.59. The number of anilines is 1. The van der Waals surface area contributed by atoms with Gasteiger partial charge in [-0.3, -0.25) is 19.2 Å². The first-order valence-corrected chi connectivity index (χ1v) is 5.76. The minimum atomic E-state index is -0.424. The second-order valence-electron chi connectivity index (χ2n) is 4.64. The molecule has 90 valence electrons. The standard InChI is InChI=1S/C11H14N4O2/c1-14-6-7(5-12-14)13-9-4-10(16)15(11(9)17)8-2-3-8/h5-6,8-9,13H,2-4H2,1H3. The normalized spacial score (nSPS) is 24.5. The van der Waals surface area contributed by atoms with Crippen LogP contribution >= 0.6 is 0 Å². The SMILES string of the molecule is Cn1cc(NC2CC(=O)N(C3CC3)C2=O)cn1. The highest BCUT2D eigenvalue weighted by Gasteiger charge is 2.46. The van der Waals surface area contributed by atoms with Gasteiger partial charge in [0.05, 0.1) is 18.3 Å². The molecular formula is C11H14N4O2. The van der Waals surface area contributed by atoms with E-state index < -0.39 is 6.04 Å². The van der Waals surface area contributed by atoms with Crippen LogP contribution in [0.5, 0.6) is 0 Å². The number of hydrogen-bond acceptors (Lipinski definition) is 4. The lowest BCUT2D eigenvalue weighted by Crippen LogP contribution is -2.36. The predicted molar refractivity (Wildman–Crippen MR) is 60.1 cm³/mol. The van der Waals surface area contributed by atoms with Gasteiger partial charge in [-0.2, -0.15) is 5.10 Å². The number of nitrogens with zero attached hydrogens (tertiary/aromatic N) is 3. The lowest BCUT2D eigenvalue weighted by atomic mass is 10.2. The second kappa shape index (κ2) is 3.58. The Morgan fingerprint density at radius 2 is 2.18 bits per heavy atom. The summed E-state index contributed by atoms with van der Waals surface area (Å²) in [6, 6.07) is -0.261. The van der Waals surface area contributed by atoms with Crippen molar-refractivity contribution in [2.24, 2.45) is 7.05 Å². The summed E-state index contributed by atoms with van der Waals surface area (Å²) >= 11 is 0. The van der Waals surface area contributed by atoms with Gasteiger partial charge in [0.15, 0.2) is 0 Å². The average molecular weight is 234 g/mol. The van der Waals surface area contributed by atoms with E-state index >= 15 is 0 Å². The summed E-state index contributed by atoms with van der Waals surface area (Å²) in [7, 11) is 1.81. The molecule has 3 rings (SSSR count). The fourth-order valence-corrected chi connectivity index (χ4v) is 2.18. The van der Waals surface area contributed by atoms with Gasteiger partial charge in [-0.1, -0.05) is 0 Å². The fraction of sp³-hybridized carbons (Fsp3) is 0.545. The Kier molecular flexibility index (Phi) is 2.17. The van der Waals surface area contributed by atoms with Crippen LogP contribution in [-0.4, -0.2) is 38.6 Å². The first-order valence-electron chi connectivity index (χ1n) is 5.76.